The largest absolute Gasteiger partial charge is 0.326 e. The minimum absolute atomic E-state index is 0.154. The number of likely N-dealkylation sites (tertiary alicyclic amines) is 1. The van der Waals surface area contributed by atoms with E-state index in [1.165, 1.54) is 43.5 Å². The van der Waals surface area contributed by atoms with Gasteiger partial charge in [-0.2, -0.15) is 4.98 Å². The number of aromatic amines is 1. The van der Waals surface area contributed by atoms with Crippen LogP contribution >= 0.6 is 0 Å². The molecule has 1 aromatic carbocycles. The number of aromatic nitrogens is 4. The molecule has 7 heteroatoms. The second-order valence-corrected chi connectivity index (χ2v) is 8.25. The first kappa shape index (κ1) is 20.6. The molecule has 1 saturated heterocycles. The van der Waals surface area contributed by atoms with E-state index in [-0.39, 0.29) is 5.56 Å². The van der Waals surface area contributed by atoms with Crippen molar-refractivity contribution in [2.45, 2.75) is 58.9 Å². The summed E-state index contributed by atoms with van der Waals surface area (Å²) in [4.78, 5) is 27.1. The zero-order chi connectivity index (χ0) is 20.9. The molecule has 7 nitrogen and oxygen atoms in total. The number of imidazole rings is 1. The summed E-state index contributed by atoms with van der Waals surface area (Å²) in [5, 5.41) is 3.22. The number of nitrogens with zero attached hydrogens (tertiary/aromatic N) is 4. The van der Waals surface area contributed by atoms with Crippen molar-refractivity contribution < 1.29 is 0 Å². The average Bonchev–Trinajstić information content (AvgIpc) is 3.17. The first-order chi connectivity index (χ1) is 14.6. The van der Waals surface area contributed by atoms with Gasteiger partial charge in [0.05, 0.1) is 6.33 Å². The van der Waals surface area contributed by atoms with E-state index < -0.39 is 0 Å². The Morgan fingerprint density at radius 3 is 2.73 bits per heavy atom. The van der Waals surface area contributed by atoms with E-state index in [1.807, 2.05) is 10.6 Å². The lowest BCUT2D eigenvalue weighted by Gasteiger charge is -2.26. The van der Waals surface area contributed by atoms with Gasteiger partial charge < -0.3 is 14.8 Å². The molecule has 4 rings (SSSR count). The van der Waals surface area contributed by atoms with Gasteiger partial charge in [0.1, 0.15) is 0 Å². The Kier molecular flexibility index (Phi) is 6.47. The molecule has 0 amide bonds. The highest BCUT2D eigenvalue weighted by Gasteiger charge is 2.12. The minimum atomic E-state index is -0.154. The van der Waals surface area contributed by atoms with Crippen LogP contribution in [-0.2, 0) is 13.0 Å². The molecule has 2 N–H and O–H groups in total. The number of H-pyrrole nitrogens is 1. The molecule has 0 saturated carbocycles. The monoisotopic (exact) mass is 408 g/mol. The molecule has 1 fully saturated rings. The van der Waals surface area contributed by atoms with E-state index >= 15 is 0 Å². The Hall–Kier alpha value is -2.67. The van der Waals surface area contributed by atoms with Crippen LogP contribution in [-0.4, -0.2) is 44.1 Å². The maximum atomic E-state index is 12.7. The Balaban J connectivity index is 1.42. The molecule has 1 aliphatic heterocycles. The van der Waals surface area contributed by atoms with Crippen LogP contribution in [0.3, 0.4) is 0 Å². The van der Waals surface area contributed by atoms with Crippen LogP contribution in [0.2, 0.25) is 0 Å². The maximum absolute atomic E-state index is 12.7. The number of hydrogen-bond donors (Lipinski definition) is 2. The normalized spacial score (nSPS) is 15.0. The Morgan fingerprint density at radius 1 is 1.13 bits per heavy atom. The van der Waals surface area contributed by atoms with E-state index in [1.54, 1.807) is 6.33 Å². The van der Waals surface area contributed by atoms with Crippen molar-refractivity contribution in [1.29, 1.82) is 0 Å². The molecule has 0 atom stereocenters. The highest BCUT2D eigenvalue weighted by atomic mass is 16.1. The topological polar surface area (TPSA) is 78.8 Å². The van der Waals surface area contributed by atoms with Crippen molar-refractivity contribution in [3.8, 4) is 0 Å². The fourth-order valence-corrected chi connectivity index (χ4v) is 4.28. The van der Waals surface area contributed by atoms with Crippen molar-refractivity contribution in [3.63, 3.8) is 0 Å². The molecule has 2 aromatic heterocycles. The zero-order valence-electron chi connectivity index (χ0n) is 18.1. The summed E-state index contributed by atoms with van der Waals surface area (Å²) in [5.41, 5.74) is 4.34. The lowest BCUT2D eigenvalue weighted by molar-refractivity contribution is 0.223. The van der Waals surface area contributed by atoms with Gasteiger partial charge in [0.25, 0.3) is 5.56 Å². The number of benzene rings is 1. The summed E-state index contributed by atoms with van der Waals surface area (Å²) in [6, 6.07) is 6.18. The van der Waals surface area contributed by atoms with Crippen molar-refractivity contribution in [2.75, 3.05) is 25.0 Å². The van der Waals surface area contributed by atoms with Gasteiger partial charge >= 0.3 is 0 Å². The second-order valence-electron chi connectivity index (χ2n) is 8.25. The third kappa shape index (κ3) is 4.73. The van der Waals surface area contributed by atoms with Gasteiger partial charge in [0.2, 0.25) is 5.95 Å². The van der Waals surface area contributed by atoms with Crippen molar-refractivity contribution in [1.82, 2.24) is 24.4 Å². The Morgan fingerprint density at radius 2 is 1.93 bits per heavy atom. The van der Waals surface area contributed by atoms with Crippen LogP contribution in [0.4, 0.5) is 11.6 Å². The highest BCUT2D eigenvalue weighted by Crippen LogP contribution is 2.19. The number of hydrogen-bond acceptors (Lipinski definition) is 5. The van der Waals surface area contributed by atoms with Crippen LogP contribution in [0.15, 0.2) is 29.3 Å². The lowest BCUT2D eigenvalue weighted by atomic mass is 10.1. The van der Waals surface area contributed by atoms with Crippen LogP contribution < -0.4 is 10.9 Å². The molecule has 0 radical (unpaired) electrons. The average molecular weight is 409 g/mol. The van der Waals surface area contributed by atoms with Gasteiger partial charge in [-0.1, -0.05) is 19.4 Å². The van der Waals surface area contributed by atoms with Crippen LogP contribution in [0.5, 0.6) is 0 Å². The second kappa shape index (κ2) is 9.43. The molecular weight excluding hydrogens is 376 g/mol. The van der Waals surface area contributed by atoms with Gasteiger partial charge in [0, 0.05) is 12.2 Å². The summed E-state index contributed by atoms with van der Waals surface area (Å²) in [6.45, 7) is 8.64. The predicted octanol–water partition coefficient (Wildman–Crippen LogP) is 4.00. The quantitative estimate of drug-likeness (QED) is 0.551. The first-order valence-corrected chi connectivity index (χ1v) is 11.2. The van der Waals surface area contributed by atoms with E-state index in [9.17, 15) is 4.79 Å². The number of anilines is 2. The molecule has 3 aromatic rings. The summed E-state index contributed by atoms with van der Waals surface area (Å²) >= 11 is 0. The first-order valence-electron chi connectivity index (χ1n) is 11.2. The highest BCUT2D eigenvalue weighted by molar-refractivity contribution is 5.71. The fourth-order valence-electron chi connectivity index (χ4n) is 4.28. The molecule has 0 bridgehead atoms. The van der Waals surface area contributed by atoms with Gasteiger partial charge in [0.15, 0.2) is 11.2 Å². The number of nitrogens with one attached hydrogen (secondary N) is 2. The molecule has 160 valence electrons. The van der Waals surface area contributed by atoms with E-state index in [0.717, 1.165) is 38.0 Å². The van der Waals surface area contributed by atoms with Crippen molar-refractivity contribution >= 4 is 22.8 Å². The van der Waals surface area contributed by atoms with Crippen LogP contribution in [0.25, 0.3) is 11.2 Å². The Labute approximate surface area is 177 Å². The molecule has 0 spiro atoms. The minimum Gasteiger partial charge on any atom is -0.326 e. The molecule has 0 unspecified atom stereocenters. The number of fused-ring (bicyclic) bond motifs is 1. The van der Waals surface area contributed by atoms with Gasteiger partial charge in [-0.05, 0) is 81.9 Å². The van der Waals surface area contributed by atoms with Gasteiger partial charge in [-0.15, -0.1) is 0 Å². The van der Waals surface area contributed by atoms with Crippen molar-refractivity contribution in [3.05, 3.63) is 46.0 Å². The lowest BCUT2D eigenvalue weighted by Crippen LogP contribution is -2.30. The Bertz CT molecular complexity index is 1050. The maximum Gasteiger partial charge on any atom is 0.278 e. The summed E-state index contributed by atoms with van der Waals surface area (Å²) in [5.74, 6) is 0.425. The summed E-state index contributed by atoms with van der Waals surface area (Å²) in [7, 11) is 0. The predicted molar refractivity (Wildman–Crippen MR) is 122 cm³/mol. The van der Waals surface area contributed by atoms with Gasteiger partial charge in [-0.25, -0.2) is 4.98 Å². The standard InChI is InChI=1S/C23H32N6O/c1-3-18-15-19(10-9-17(18)2)25-23-26-21-20(22(30)27-23)29(16-24-21)14-8-7-13-28-11-5-4-6-12-28/h9-10,15-16H,3-8,11-14H2,1-2H3,(H2,25,26,27,30). The molecule has 1 aliphatic rings. The zero-order valence-corrected chi connectivity index (χ0v) is 18.1. The van der Waals surface area contributed by atoms with Crippen molar-refractivity contribution in [2.24, 2.45) is 0 Å². The van der Waals surface area contributed by atoms with E-state index in [0.29, 0.717) is 17.1 Å². The molecule has 0 aliphatic carbocycles. The number of piperidine rings is 1. The number of unbranched alkanes of at least 4 members (excludes halogenated alkanes) is 1. The summed E-state index contributed by atoms with van der Waals surface area (Å²) in [6.07, 6.45) is 8.89. The summed E-state index contributed by atoms with van der Waals surface area (Å²) < 4.78 is 1.93. The number of rotatable bonds is 8. The van der Waals surface area contributed by atoms with E-state index in [2.05, 4.69) is 51.1 Å². The third-order valence-corrected chi connectivity index (χ3v) is 6.05. The smallest absolute Gasteiger partial charge is 0.278 e. The molecule has 3 heterocycles. The van der Waals surface area contributed by atoms with Crippen LogP contribution in [0, 0.1) is 6.92 Å². The molecule has 30 heavy (non-hydrogen) atoms. The van der Waals surface area contributed by atoms with Gasteiger partial charge in [-0.3, -0.25) is 9.78 Å². The fraction of sp³-hybridized carbons (Fsp3) is 0.522. The van der Waals surface area contributed by atoms with E-state index in [4.69, 9.17) is 0 Å². The SMILES string of the molecule is CCc1cc(Nc2nc3ncn(CCCCN4CCCCC4)c3c(=O)[nH]2)ccc1C. The molecular formula is C23H32N6O. The third-order valence-electron chi connectivity index (χ3n) is 6.05. The number of aryl methyl sites for hydroxylation is 3. The van der Waals surface area contributed by atoms with Crippen LogP contribution in [0.1, 0.15) is 50.2 Å².